The van der Waals surface area contributed by atoms with E-state index in [-0.39, 0.29) is 5.91 Å². The second-order valence-corrected chi connectivity index (χ2v) is 6.31. The van der Waals surface area contributed by atoms with Gasteiger partial charge in [-0.3, -0.25) is 4.79 Å². The highest BCUT2D eigenvalue weighted by atomic mass is 16.5. The van der Waals surface area contributed by atoms with Crippen molar-refractivity contribution in [3.8, 4) is 17.2 Å². The van der Waals surface area contributed by atoms with E-state index in [1.165, 1.54) is 0 Å². The Balaban J connectivity index is 1.51. The third-order valence-corrected chi connectivity index (χ3v) is 4.39. The van der Waals surface area contributed by atoms with Gasteiger partial charge in [0.2, 0.25) is 0 Å². The van der Waals surface area contributed by atoms with Crippen molar-refractivity contribution in [2.45, 2.75) is 19.4 Å². The van der Waals surface area contributed by atoms with Crippen LogP contribution in [0.3, 0.4) is 0 Å². The average Bonchev–Trinajstić information content (AvgIpc) is 2.75. The zero-order valence-corrected chi connectivity index (χ0v) is 16.2. The molecule has 0 saturated carbocycles. The quantitative estimate of drug-likeness (QED) is 0.566. The van der Waals surface area contributed by atoms with Gasteiger partial charge in [-0.2, -0.15) is 0 Å². The van der Waals surface area contributed by atoms with Crippen LogP contribution in [0.5, 0.6) is 17.2 Å². The summed E-state index contributed by atoms with van der Waals surface area (Å²) in [6, 6.07) is 21.2. The summed E-state index contributed by atoms with van der Waals surface area (Å²) >= 11 is 0. The van der Waals surface area contributed by atoms with Crippen molar-refractivity contribution in [2.75, 3.05) is 20.3 Å². The molecule has 5 nitrogen and oxygen atoms in total. The summed E-state index contributed by atoms with van der Waals surface area (Å²) in [5.41, 5.74) is 0. The van der Waals surface area contributed by atoms with E-state index in [4.69, 9.17) is 14.2 Å². The molecule has 0 fully saturated rings. The molecule has 0 aliphatic rings. The van der Waals surface area contributed by atoms with Crippen molar-refractivity contribution >= 4 is 16.7 Å². The van der Waals surface area contributed by atoms with Crippen molar-refractivity contribution in [3.05, 3.63) is 66.7 Å². The normalized spacial score (nSPS) is 11.6. The van der Waals surface area contributed by atoms with Gasteiger partial charge >= 0.3 is 0 Å². The Morgan fingerprint density at radius 3 is 2.57 bits per heavy atom. The molecule has 28 heavy (non-hydrogen) atoms. The molecule has 1 atom stereocenters. The van der Waals surface area contributed by atoms with Crippen LogP contribution in [0.25, 0.3) is 10.8 Å². The molecule has 0 aliphatic carbocycles. The Morgan fingerprint density at radius 1 is 1.00 bits per heavy atom. The SMILES string of the molecule is CCC(Oc1cccc(OC)c1)C(=O)NCCOc1cccc2ccccc12. The molecule has 1 N–H and O–H groups in total. The number of benzene rings is 3. The minimum atomic E-state index is -0.565. The van der Waals surface area contributed by atoms with E-state index >= 15 is 0 Å². The monoisotopic (exact) mass is 379 g/mol. The minimum Gasteiger partial charge on any atom is -0.497 e. The summed E-state index contributed by atoms with van der Waals surface area (Å²) in [5, 5.41) is 5.07. The van der Waals surface area contributed by atoms with E-state index in [0.717, 1.165) is 16.5 Å². The summed E-state index contributed by atoms with van der Waals surface area (Å²) in [6.45, 7) is 2.70. The van der Waals surface area contributed by atoms with Crippen LogP contribution in [0.4, 0.5) is 0 Å². The third-order valence-electron chi connectivity index (χ3n) is 4.39. The van der Waals surface area contributed by atoms with Gasteiger partial charge < -0.3 is 19.5 Å². The van der Waals surface area contributed by atoms with Gasteiger partial charge in [0.25, 0.3) is 5.91 Å². The number of rotatable bonds is 9. The first kappa shape index (κ1) is 19.5. The molecule has 0 aromatic heterocycles. The lowest BCUT2D eigenvalue weighted by Gasteiger charge is -2.18. The topological polar surface area (TPSA) is 56.8 Å². The van der Waals surface area contributed by atoms with Crippen LogP contribution in [0, 0.1) is 0 Å². The van der Waals surface area contributed by atoms with Crippen molar-refractivity contribution in [1.29, 1.82) is 0 Å². The first-order valence-corrected chi connectivity index (χ1v) is 9.40. The molecule has 1 unspecified atom stereocenters. The number of hydrogen-bond donors (Lipinski definition) is 1. The van der Waals surface area contributed by atoms with E-state index in [9.17, 15) is 4.79 Å². The molecule has 0 spiro atoms. The zero-order valence-electron chi connectivity index (χ0n) is 16.2. The van der Waals surface area contributed by atoms with Crippen molar-refractivity contribution in [3.63, 3.8) is 0 Å². The number of ether oxygens (including phenoxy) is 3. The molecule has 0 heterocycles. The Hall–Kier alpha value is -3.21. The van der Waals surface area contributed by atoms with Gasteiger partial charge in [0.1, 0.15) is 23.9 Å². The number of nitrogens with one attached hydrogen (secondary N) is 1. The minimum absolute atomic E-state index is 0.160. The van der Waals surface area contributed by atoms with Gasteiger partial charge in [0.05, 0.1) is 13.7 Å². The second kappa shape index (κ2) is 9.65. The van der Waals surface area contributed by atoms with Crippen molar-refractivity contribution in [2.24, 2.45) is 0 Å². The Labute approximate surface area is 165 Å². The van der Waals surface area contributed by atoms with Gasteiger partial charge in [-0.05, 0) is 30.0 Å². The van der Waals surface area contributed by atoms with Crippen LogP contribution in [0.15, 0.2) is 66.7 Å². The molecule has 1 amide bonds. The lowest BCUT2D eigenvalue weighted by molar-refractivity contribution is -0.128. The van der Waals surface area contributed by atoms with E-state index in [2.05, 4.69) is 5.32 Å². The van der Waals surface area contributed by atoms with Crippen LogP contribution in [-0.2, 0) is 4.79 Å². The van der Waals surface area contributed by atoms with Crippen LogP contribution >= 0.6 is 0 Å². The smallest absolute Gasteiger partial charge is 0.261 e. The molecule has 5 heteroatoms. The molecular weight excluding hydrogens is 354 g/mol. The number of amides is 1. The van der Waals surface area contributed by atoms with E-state index in [1.807, 2.05) is 67.6 Å². The molecule has 0 saturated heterocycles. The summed E-state index contributed by atoms with van der Waals surface area (Å²) in [7, 11) is 1.60. The van der Waals surface area contributed by atoms with Crippen LogP contribution < -0.4 is 19.5 Å². The van der Waals surface area contributed by atoms with Gasteiger partial charge in [-0.25, -0.2) is 0 Å². The van der Waals surface area contributed by atoms with Crippen LogP contribution in [0.1, 0.15) is 13.3 Å². The fourth-order valence-corrected chi connectivity index (χ4v) is 2.93. The fraction of sp³-hybridized carbons (Fsp3) is 0.261. The van der Waals surface area contributed by atoms with E-state index in [1.54, 1.807) is 13.2 Å². The standard InChI is InChI=1S/C23H25NO4/c1-3-21(28-19-11-7-10-18(16-19)26-2)23(25)24-14-15-27-22-13-6-9-17-8-4-5-12-20(17)22/h4-13,16,21H,3,14-15H2,1-2H3,(H,24,25). The highest BCUT2D eigenvalue weighted by Crippen LogP contribution is 2.25. The van der Waals surface area contributed by atoms with E-state index < -0.39 is 6.10 Å². The molecule has 0 aliphatic heterocycles. The highest BCUT2D eigenvalue weighted by molar-refractivity contribution is 5.88. The lowest BCUT2D eigenvalue weighted by Crippen LogP contribution is -2.39. The van der Waals surface area contributed by atoms with Gasteiger partial charge in [0.15, 0.2) is 6.10 Å². The number of carbonyl (C=O) groups excluding carboxylic acids is 1. The first-order valence-electron chi connectivity index (χ1n) is 9.40. The summed E-state index contributed by atoms with van der Waals surface area (Å²) in [5.74, 6) is 1.95. The predicted octanol–water partition coefficient (Wildman–Crippen LogP) is 4.20. The molecule has 0 radical (unpaired) electrons. The molecule has 3 aromatic rings. The summed E-state index contributed by atoms with van der Waals surface area (Å²) < 4.78 is 16.9. The van der Waals surface area contributed by atoms with E-state index in [0.29, 0.717) is 31.1 Å². The Morgan fingerprint density at radius 2 is 1.75 bits per heavy atom. The maximum atomic E-state index is 12.4. The molecule has 3 rings (SSSR count). The average molecular weight is 379 g/mol. The summed E-state index contributed by atoms with van der Waals surface area (Å²) in [6.07, 6.45) is -0.00241. The van der Waals surface area contributed by atoms with Crippen molar-refractivity contribution < 1.29 is 19.0 Å². The van der Waals surface area contributed by atoms with Crippen LogP contribution in [-0.4, -0.2) is 32.3 Å². The van der Waals surface area contributed by atoms with Gasteiger partial charge in [0, 0.05) is 11.5 Å². The molecular formula is C23H25NO4. The van der Waals surface area contributed by atoms with Crippen LogP contribution in [0.2, 0.25) is 0 Å². The van der Waals surface area contributed by atoms with Crippen molar-refractivity contribution in [1.82, 2.24) is 5.32 Å². The number of fused-ring (bicyclic) bond motifs is 1. The zero-order chi connectivity index (χ0) is 19.8. The second-order valence-electron chi connectivity index (χ2n) is 6.31. The Bertz CT molecular complexity index is 920. The largest absolute Gasteiger partial charge is 0.497 e. The summed E-state index contributed by atoms with van der Waals surface area (Å²) in [4.78, 5) is 12.4. The Kier molecular flexibility index (Phi) is 6.73. The maximum Gasteiger partial charge on any atom is 0.261 e. The van der Waals surface area contributed by atoms with Gasteiger partial charge in [-0.15, -0.1) is 0 Å². The first-order chi connectivity index (χ1) is 13.7. The predicted molar refractivity (Wildman–Crippen MR) is 110 cm³/mol. The fourth-order valence-electron chi connectivity index (χ4n) is 2.93. The molecule has 146 valence electrons. The third kappa shape index (κ3) is 4.94. The maximum absolute atomic E-state index is 12.4. The highest BCUT2D eigenvalue weighted by Gasteiger charge is 2.18. The number of methoxy groups -OCH3 is 1. The molecule has 0 bridgehead atoms. The lowest BCUT2D eigenvalue weighted by atomic mass is 10.1. The van der Waals surface area contributed by atoms with Gasteiger partial charge in [-0.1, -0.05) is 49.4 Å². The number of carbonyl (C=O) groups is 1. The molecule has 3 aromatic carbocycles. The number of hydrogen-bond acceptors (Lipinski definition) is 4.